The molecule has 0 unspecified atom stereocenters. The van der Waals surface area contributed by atoms with Crippen LogP contribution in [0.1, 0.15) is 29.8 Å². The van der Waals surface area contributed by atoms with E-state index in [2.05, 4.69) is 5.32 Å². The number of hydrogen-bond donors (Lipinski definition) is 2. The Bertz CT molecular complexity index is 591. The summed E-state index contributed by atoms with van der Waals surface area (Å²) in [6.45, 7) is 4.86. The molecule has 0 aliphatic carbocycles. The second-order valence-electron chi connectivity index (χ2n) is 5.24. The first kappa shape index (κ1) is 15.5. The van der Waals surface area contributed by atoms with Gasteiger partial charge in [-0.2, -0.15) is 0 Å². The SMILES string of the molecule is Cc1ccc(C(=O)NCC(C)(C)S(C)(=O)=O)c(O)c1. The van der Waals surface area contributed by atoms with Crippen LogP contribution in [0.4, 0.5) is 0 Å². The number of phenolic OH excluding ortho intramolecular Hbond substituents is 1. The first-order valence-corrected chi connectivity index (χ1v) is 7.71. The van der Waals surface area contributed by atoms with Crippen molar-refractivity contribution in [2.75, 3.05) is 12.8 Å². The average Bonchev–Trinajstić information content (AvgIpc) is 2.24. The minimum atomic E-state index is -3.27. The molecule has 106 valence electrons. The predicted octanol–water partition coefficient (Wildman–Crippen LogP) is 1.25. The summed E-state index contributed by atoms with van der Waals surface area (Å²) in [4.78, 5) is 11.9. The fourth-order valence-corrected chi connectivity index (χ4v) is 1.69. The number of hydrogen-bond acceptors (Lipinski definition) is 4. The predicted molar refractivity (Wildman–Crippen MR) is 74.1 cm³/mol. The second kappa shape index (κ2) is 5.21. The van der Waals surface area contributed by atoms with Crippen LogP contribution in [0.5, 0.6) is 5.75 Å². The van der Waals surface area contributed by atoms with Gasteiger partial charge in [0.15, 0.2) is 9.84 Å². The number of sulfone groups is 1. The first-order chi connectivity index (χ1) is 8.54. The second-order valence-corrected chi connectivity index (χ2v) is 7.88. The van der Waals surface area contributed by atoms with Gasteiger partial charge in [-0.25, -0.2) is 8.42 Å². The molecule has 0 aliphatic rings. The highest BCUT2D eigenvalue weighted by molar-refractivity contribution is 7.92. The van der Waals surface area contributed by atoms with Crippen LogP contribution in [0.25, 0.3) is 0 Å². The molecule has 6 heteroatoms. The third-order valence-electron chi connectivity index (χ3n) is 3.08. The van der Waals surface area contributed by atoms with Gasteiger partial charge in [0.25, 0.3) is 5.91 Å². The fourth-order valence-electron chi connectivity index (χ4n) is 1.35. The number of amides is 1. The van der Waals surface area contributed by atoms with Crippen molar-refractivity contribution in [2.24, 2.45) is 0 Å². The minimum Gasteiger partial charge on any atom is -0.507 e. The third-order valence-corrected chi connectivity index (χ3v) is 5.23. The molecule has 0 bridgehead atoms. The largest absolute Gasteiger partial charge is 0.507 e. The summed E-state index contributed by atoms with van der Waals surface area (Å²) in [5.74, 6) is -0.608. The lowest BCUT2D eigenvalue weighted by Gasteiger charge is -2.22. The number of rotatable bonds is 4. The van der Waals surface area contributed by atoms with Crippen LogP contribution < -0.4 is 5.32 Å². The summed E-state index contributed by atoms with van der Waals surface area (Å²) in [7, 11) is -3.27. The molecule has 0 aliphatic heterocycles. The van der Waals surface area contributed by atoms with E-state index in [9.17, 15) is 18.3 Å². The molecule has 0 radical (unpaired) electrons. The number of carbonyl (C=O) groups is 1. The summed E-state index contributed by atoms with van der Waals surface area (Å²) < 4.78 is 22.0. The number of benzene rings is 1. The quantitative estimate of drug-likeness (QED) is 0.872. The summed E-state index contributed by atoms with van der Waals surface area (Å²) in [6, 6.07) is 4.69. The molecule has 0 spiro atoms. The highest BCUT2D eigenvalue weighted by atomic mass is 32.2. The molecule has 19 heavy (non-hydrogen) atoms. The molecule has 0 saturated carbocycles. The number of aryl methyl sites for hydroxylation is 1. The zero-order chi connectivity index (χ0) is 14.8. The summed E-state index contributed by atoms with van der Waals surface area (Å²) in [5, 5.41) is 12.2. The Morgan fingerprint density at radius 3 is 2.42 bits per heavy atom. The van der Waals surface area contributed by atoms with Gasteiger partial charge in [-0.3, -0.25) is 4.79 Å². The topological polar surface area (TPSA) is 83.5 Å². The van der Waals surface area contributed by atoms with Crippen molar-refractivity contribution in [3.05, 3.63) is 29.3 Å². The van der Waals surface area contributed by atoms with E-state index in [1.165, 1.54) is 26.0 Å². The third kappa shape index (κ3) is 3.70. The molecular weight excluding hydrogens is 266 g/mol. The zero-order valence-corrected chi connectivity index (χ0v) is 12.3. The molecule has 1 aromatic rings. The van der Waals surface area contributed by atoms with Gasteiger partial charge in [0.1, 0.15) is 5.75 Å². The zero-order valence-electron chi connectivity index (χ0n) is 11.5. The fraction of sp³-hybridized carbons (Fsp3) is 0.462. The van der Waals surface area contributed by atoms with Crippen LogP contribution in [0.3, 0.4) is 0 Å². The van der Waals surface area contributed by atoms with E-state index >= 15 is 0 Å². The summed E-state index contributed by atoms with van der Waals surface area (Å²) in [5.41, 5.74) is 0.973. The molecule has 1 rings (SSSR count). The number of carbonyl (C=O) groups excluding carboxylic acids is 1. The molecule has 5 nitrogen and oxygen atoms in total. The van der Waals surface area contributed by atoms with E-state index in [0.717, 1.165) is 11.8 Å². The van der Waals surface area contributed by atoms with Gasteiger partial charge in [0, 0.05) is 12.8 Å². The van der Waals surface area contributed by atoms with Crippen molar-refractivity contribution in [3.8, 4) is 5.75 Å². The molecule has 1 aromatic carbocycles. The van der Waals surface area contributed by atoms with E-state index in [1.54, 1.807) is 13.0 Å². The van der Waals surface area contributed by atoms with Crippen molar-refractivity contribution in [1.29, 1.82) is 0 Å². The Morgan fingerprint density at radius 2 is 1.95 bits per heavy atom. The van der Waals surface area contributed by atoms with Crippen LogP contribution in [0.2, 0.25) is 0 Å². The maximum atomic E-state index is 11.9. The first-order valence-electron chi connectivity index (χ1n) is 5.82. The van der Waals surface area contributed by atoms with Crippen molar-refractivity contribution < 1.29 is 18.3 Å². The highest BCUT2D eigenvalue weighted by Crippen LogP contribution is 2.19. The van der Waals surface area contributed by atoms with E-state index in [-0.39, 0.29) is 17.9 Å². The Kier molecular flexibility index (Phi) is 4.25. The minimum absolute atomic E-state index is 0.0159. The van der Waals surface area contributed by atoms with Crippen LogP contribution in [0, 0.1) is 6.92 Å². The van der Waals surface area contributed by atoms with Gasteiger partial charge in [0.05, 0.1) is 10.3 Å². The maximum Gasteiger partial charge on any atom is 0.255 e. The van der Waals surface area contributed by atoms with Gasteiger partial charge >= 0.3 is 0 Å². The smallest absolute Gasteiger partial charge is 0.255 e. The Balaban J connectivity index is 2.82. The number of phenols is 1. The van der Waals surface area contributed by atoms with Crippen LogP contribution in [-0.4, -0.2) is 37.0 Å². The van der Waals surface area contributed by atoms with Gasteiger partial charge in [-0.15, -0.1) is 0 Å². The van der Waals surface area contributed by atoms with E-state index < -0.39 is 20.5 Å². The van der Waals surface area contributed by atoms with Crippen LogP contribution in [-0.2, 0) is 9.84 Å². The molecular formula is C13H19NO4S. The number of aromatic hydroxyl groups is 1. The molecule has 0 aromatic heterocycles. The van der Waals surface area contributed by atoms with Crippen molar-refractivity contribution >= 4 is 15.7 Å². The van der Waals surface area contributed by atoms with E-state index in [4.69, 9.17) is 0 Å². The van der Waals surface area contributed by atoms with Crippen molar-refractivity contribution in [1.82, 2.24) is 5.32 Å². The van der Waals surface area contributed by atoms with Gasteiger partial charge in [-0.05, 0) is 38.5 Å². The molecule has 2 N–H and O–H groups in total. The van der Waals surface area contributed by atoms with Gasteiger partial charge in [0.2, 0.25) is 0 Å². The van der Waals surface area contributed by atoms with E-state index in [0.29, 0.717) is 0 Å². The Labute approximate surface area is 113 Å². The van der Waals surface area contributed by atoms with Gasteiger partial charge < -0.3 is 10.4 Å². The lowest BCUT2D eigenvalue weighted by Crippen LogP contribution is -2.43. The lowest BCUT2D eigenvalue weighted by atomic mass is 10.1. The average molecular weight is 285 g/mol. The molecule has 0 heterocycles. The monoisotopic (exact) mass is 285 g/mol. The van der Waals surface area contributed by atoms with Crippen LogP contribution >= 0.6 is 0 Å². The Hall–Kier alpha value is -1.56. The standard InChI is InChI=1S/C13H19NO4S/c1-9-5-6-10(11(15)7-9)12(16)14-8-13(2,3)19(4,17)18/h5-7,15H,8H2,1-4H3,(H,14,16). The summed E-state index contributed by atoms with van der Waals surface area (Å²) in [6.07, 6.45) is 1.13. The molecule has 0 saturated heterocycles. The van der Waals surface area contributed by atoms with Crippen molar-refractivity contribution in [2.45, 2.75) is 25.5 Å². The van der Waals surface area contributed by atoms with Crippen molar-refractivity contribution in [3.63, 3.8) is 0 Å². The molecule has 0 atom stereocenters. The summed E-state index contributed by atoms with van der Waals surface area (Å²) >= 11 is 0. The van der Waals surface area contributed by atoms with Gasteiger partial charge in [-0.1, -0.05) is 6.07 Å². The van der Waals surface area contributed by atoms with Crippen LogP contribution in [0.15, 0.2) is 18.2 Å². The highest BCUT2D eigenvalue weighted by Gasteiger charge is 2.30. The maximum absolute atomic E-state index is 11.9. The Morgan fingerprint density at radius 1 is 1.37 bits per heavy atom. The molecule has 1 amide bonds. The lowest BCUT2D eigenvalue weighted by molar-refractivity contribution is 0.0948. The normalized spacial score (nSPS) is 12.2. The van der Waals surface area contributed by atoms with E-state index in [1.807, 2.05) is 0 Å². The molecule has 0 fully saturated rings. The number of nitrogens with one attached hydrogen (secondary N) is 1.